The lowest BCUT2D eigenvalue weighted by Crippen LogP contribution is -2.30. The van der Waals surface area contributed by atoms with Gasteiger partial charge in [0.25, 0.3) is 5.91 Å². The standard InChI is InChI=1S/C10H13NOS/c1-7-2-3-9-8(4-5-13-9)10(12)11-6-7/h4-5,7H,2-3,6H2,1H3,(H,11,12)/t7-/m0/s1. The van der Waals surface area contributed by atoms with Gasteiger partial charge in [-0.15, -0.1) is 11.3 Å². The average Bonchev–Trinajstić information content (AvgIpc) is 2.56. The van der Waals surface area contributed by atoms with Crippen LogP contribution in [0.1, 0.15) is 28.6 Å². The molecule has 0 saturated carbocycles. The molecular weight excluding hydrogens is 182 g/mol. The van der Waals surface area contributed by atoms with Crippen molar-refractivity contribution in [3.63, 3.8) is 0 Å². The molecule has 13 heavy (non-hydrogen) atoms. The van der Waals surface area contributed by atoms with Crippen LogP contribution >= 0.6 is 11.3 Å². The van der Waals surface area contributed by atoms with Crippen molar-refractivity contribution in [2.45, 2.75) is 19.8 Å². The molecule has 1 amide bonds. The molecule has 2 heterocycles. The third-order valence-electron chi connectivity index (χ3n) is 2.47. The summed E-state index contributed by atoms with van der Waals surface area (Å²) in [6, 6.07) is 1.92. The Morgan fingerprint density at radius 2 is 2.46 bits per heavy atom. The minimum atomic E-state index is 0.0998. The van der Waals surface area contributed by atoms with Crippen LogP contribution in [0, 0.1) is 5.92 Å². The van der Waals surface area contributed by atoms with Crippen LogP contribution in [-0.4, -0.2) is 12.5 Å². The number of thiophene rings is 1. The highest BCUT2D eigenvalue weighted by molar-refractivity contribution is 7.10. The summed E-state index contributed by atoms with van der Waals surface area (Å²) in [4.78, 5) is 12.8. The number of aryl methyl sites for hydroxylation is 1. The number of fused-ring (bicyclic) bond motifs is 1. The summed E-state index contributed by atoms with van der Waals surface area (Å²) in [6.07, 6.45) is 2.23. The molecule has 2 rings (SSSR count). The Labute approximate surface area is 82.0 Å². The zero-order valence-electron chi connectivity index (χ0n) is 7.67. The lowest BCUT2D eigenvalue weighted by molar-refractivity contribution is 0.0944. The topological polar surface area (TPSA) is 29.1 Å². The Bertz CT molecular complexity index is 318. The van der Waals surface area contributed by atoms with Gasteiger partial charge < -0.3 is 5.32 Å². The zero-order chi connectivity index (χ0) is 9.26. The third-order valence-corrected chi connectivity index (χ3v) is 3.45. The predicted molar refractivity (Wildman–Crippen MR) is 54.1 cm³/mol. The van der Waals surface area contributed by atoms with E-state index in [4.69, 9.17) is 0 Å². The van der Waals surface area contributed by atoms with Gasteiger partial charge in [0, 0.05) is 11.4 Å². The normalized spacial score (nSPS) is 22.8. The van der Waals surface area contributed by atoms with Crippen molar-refractivity contribution < 1.29 is 4.79 Å². The van der Waals surface area contributed by atoms with Gasteiger partial charge in [0.2, 0.25) is 0 Å². The SMILES string of the molecule is C[C@H]1CCc2sccc2C(=O)NC1. The van der Waals surface area contributed by atoms with Crippen molar-refractivity contribution in [1.29, 1.82) is 0 Å². The Morgan fingerprint density at radius 1 is 1.62 bits per heavy atom. The monoisotopic (exact) mass is 195 g/mol. The molecule has 70 valence electrons. The molecule has 0 saturated heterocycles. The predicted octanol–water partition coefficient (Wildman–Crippen LogP) is 2.06. The van der Waals surface area contributed by atoms with Gasteiger partial charge in [-0.2, -0.15) is 0 Å². The van der Waals surface area contributed by atoms with Crippen molar-refractivity contribution in [1.82, 2.24) is 5.32 Å². The molecule has 1 atom stereocenters. The van der Waals surface area contributed by atoms with Crippen LogP contribution in [0.5, 0.6) is 0 Å². The highest BCUT2D eigenvalue weighted by atomic mass is 32.1. The lowest BCUT2D eigenvalue weighted by Gasteiger charge is -2.16. The first kappa shape index (κ1) is 8.75. The number of rotatable bonds is 0. The van der Waals surface area contributed by atoms with Gasteiger partial charge in [-0.25, -0.2) is 0 Å². The van der Waals surface area contributed by atoms with Gasteiger partial charge >= 0.3 is 0 Å². The molecule has 1 aliphatic heterocycles. The summed E-state index contributed by atoms with van der Waals surface area (Å²) >= 11 is 1.69. The van der Waals surface area contributed by atoms with E-state index in [2.05, 4.69) is 12.2 Å². The highest BCUT2D eigenvalue weighted by Gasteiger charge is 2.17. The second kappa shape index (κ2) is 3.50. The second-order valence-corrected chi connectivity index (χ2v) is 4.61. The summed E-state index contributed by atoms with van der Waals surface area (Å²) in [5, 5.41) is 4.94. The molecule has 0 fully saturated rings. The van der Waals surface area contributed by atoms with Crippen LogP contribution in [0.2, 0.25) is 0 Å². The van der Waals surface area contributed by atoms with Gasteiger partial charge in [-0.05, 0) is 30.2 Å². The van der Waals surface area contributed by atoms with Crippen LogP contribution in [0.4, 0.5) is 0 Å². The minimum absolute atomic E-state index is 0.0998. The molecule has 0 spiro atoms. The maximum absolute atomic E-state index is 11.6. The van der Waals surface area contributed by atoms with Crippen molar-refractivity contribution in [2.75, 3.05) is 6.54 Å². The Morgan fingerprint density at radius 3 is 3.31 bits per heavy atom. The fourth-order valence-corrected chi connectivity index (χ4v) is 2.47. The number of nitrogens with one attached hydrogen (secondary N) is 1. The average molecular weight is 195 g/mol. The first-order chi connectivity index (χ1) is 6.27. The van der Waals surface area contributed by atoms with Gasteiger partial charge in [-0.3, -0.25) is 4.79 Å². The molecule has 1 aliphatic rings. The summed E-state index contributed by atoms with van der Waals surface area (Å²) in [6.45, 7) is 2.99. The van der Waals surface area contributed by atoms with E-state index in [1.165, 1.54) is 11.3 Å². The summed E-state index contributed by atoms with van der Waals surface area (Å²) in [7, 11) is 0. The van der Waals surface area contributed by atoms with Crippen molar-refractivity contribution in [3.05, 3.63) is 21.9 Å². The van der Waals surface area contributed by atoms with Gasteiger partial charge in [0.05, 0.1) is 5.56 Å². The molecule has 1 aromatic rings. The Kier molecular flexibility index (Phi) is 2.36. The maximum atomic E-state index is 11.6. The lowest BCUT2D eigenvalue weighted by atomic mass is 10.0. The first-order valence-electron chi connectivity index (χ1n) is 4.62. The smallest absolute Gasteiger partial charge is 0.252 e. The van der Waals surface area contributed by atoms with Crippen LogP contribution in [-0.2, 0) is 6.42 Å². The first-order valence-corrected chi connectivity index (χ1v) is 5.50. The maximum Gasteiger partial charge on any atom is 0.252 e. The van der Waals surface area contributed by atoms with E-state index in [0.29, 0.717) is 5.92 Å². The van der Waals surface area contributed by atoms with E-state index in [1.807, 2.05) is 11.4 Å². The summed E-state index contributed by atoms with van der Waals surface area (Å²) in [5.74, 6) is 0.696. The fourth-order valence-electron chi connectivity index (χ4n) is 1.58. The third kappa shape index (κ3) is 1.75. The van der Waals surface area contributed by atoms with E-state index in [1.54, 1.807) is 11.3 Å². The van der Waals surface area contributed by atoms with Crippen molar-refractivity contribution >= 4 is 17.2 Å². The molecule has 1 aromatic heterocycles. The largest absolute Gasteiger partial charge is 0.352 e. The van der Waals surface area contributed by atoms with E-state index < -0.39 is 0 Å². The quantitative estimate of drug-likeness (QED) is 0.674. The number of hydrogen-bond acceptors (Lipinski definition) is 2. The zero-order valence-corrected chi connectivity index (χ0v) is 8.49. The molecule has 0 radical (unpaired) electrons. The molecule has 0 aliphatic carbocycles. The molecule has 3 heteroatoms. The Balaban J connectivity index is 2.27. The molecule has 0 bridgehead atoms. The van der Waals surface area contributed by atoms with Crippen LogP contribution in [0.15, 0.2) is 11.4 Å². The van der Waals surface area contributed by atoms with Gasteiger partial charge in [-0.1, -0.05) is 6.92 Å². The molecule has 2 nitrogen and oxygen atoms in total. The summed E-state index contributed by atoms with van der Waals surface area (Å²) in [5.41, 5.74) is 0.886. The Hall–Kier alpha value is -0.830. The van der Waals surface area contributed by atoms with Crippen LogP contribution in [0.3, 0.4) is 0 Å². The van der Waals surface area contributed by atoms with E-state index in [0.717, 1.165) is 18.5 Å². The number of carbonyl (C=O) groups excluding carboxylic acids is 1. The van der Waals surface area contributed by atoms with Crippen molar-refractivity contribution in [3.8, 4) is 0 Å². The van der Waals surface area contributed by atoms with Crippen molar-refractivity contribution in [2.24, 2.45) is 5.92 Å². The fraction of sp³-hybridized carbons (Fsp3) is 0.500. The molecule has 1 N–H and O–H groups in total. The summed E-state index contributed by atoms with van der Waals surface area (Å²) < 4.78 is 0. The second-order valence-electron chi connectivity index (χ2n) is 3.61. The van der Waals surface area contributed by atoms with E-state index in [-0.39, 0.29) is 5.91 Å². The molecule has 0 aromatic carbocycles. The van der Waals surface area contributed by atoms with E-state index in [9.17, 15) is 4.79 Å². The van der Waals surface area contributed by atoms with Gasteiger partial charge in [0.15, 0.2) is 0 Å². The van der Waals surface area contributed by atoms with Crippen LogP contribution in [0.25, 0.3) is 0 Å². The number of amides is 1. The number of hydrogen-bond donors (Lipinski definition) is 1. The number of carbonyl (C=O) groups is 1. The van der Waals surface area contributed by atoms with E-state index >= 15 is 0 Å². The van der Waals surface area contributed by atoms with Gasteiger partial charge in [0.1, 0.15) is 0 Å². The molecule has 0 unspecified atom stereocenters. The molecular formula is C10H13NOS. The van der Waals surface area contributed by atoms with Crippen LogP contribution < -0.4 is 5.32 Å². The highest BCUT2D eigenvalue weighted by Crippen LogP contribution is 2.22. The minimum Gasteiger partial charge on any atom is -0.352 e.